The predicted molar refractivity (Wildman–Crippen MR) is 159 cm³/mol. The summed E-state index contributed by atoms with van der Waals surface area (Å²) in [7, 11) is -1.48. The van der Waals surface area contributed by atoms with Crippen LogP contribution in [0.15, 0.2) is 102 Å². The van der Waals surface area contributed by atoms with E-state index in [0.717, 1.165) is 45.0 Å². The Labute approximate surface area is 244 Å². The van der Waals surface area contributed by atoms with Gasteiger partial charge < -0.3 is 14.4 Å². The molecule has 0 aliphatic heterocycles. The second kappa shape index (κ2) is 11.4. The molecule has 7 rings (SSSR count). The average molecular weight is 703 g/mol. The van der Waals surface area contributed by atoms with Crippen LogP contribution >= 0.6 is 0 Å². The van der Waals surface area contributed by atoms with Gasteiger partial charge in [-0.05, 0) is 47.0 Å². The van der Waals surface area contributed by atoms with E-state index in [2.05, 4.69) is 78.1 Å². The second-order valence-corrected chi connectivity index (χ2v) is 15.9. The summed E-state index contributed by atoms with van der Waals surface area (Å²) in [4.78, 5) is 8.94. The molecule has 197 valence electrons. The number of nitrogens with zero attached hydrogens (tertiary/aromatic N) is 2. The van der Waals surface area contributed by atoms with Crippen molar-refractivity contribution in [2.45, 2.75) is 38.4 Å². The molecule has 3 nitrogen and oxygen atoms in total. The van der Waals surface area contributed by atoms with E-state index in [1.165, 1.54) is 29.0 Å². The van der Waals surface area contributed by atoms with Gasteiger partial charge in [-0.15, -0.1) is 54.1 Å². The molecule has 1 saturated carbocycles. The first-order chi connectivity index (χ1) is 18.5. The number of fused-ring (bicyclic) bond motifs is 3. The van der Waals surface area contributed by atoms with Crippen molar-refractivity contribution in [1.82, 2.24) is 9.97 Å². The molecule has 0 N–H and O–H groups in total. The minimum absolute atomic E-state index is 0. The van der Waals surface area contributed by atoms with Crippen LogP contribution in [0, 0.1) is 12.1 Å². The first kappa shape index (κ1) is 27.2. The number of aromatic nitrogens is 2. The Kier molecular flexibility index (Phi) is 7.95. The van der Waals surface area contributed by atoms with Gasteiger partial charge in [0.2, 0.25) is 0 Å². The standard InChI is InChI=1S/C20H18NOSi.C14H12N.Ir/c1-23(2,3)18-12-7-9-15-14-8-6-10-16(19(14)22-20(15)18)17-11-4-5-13-21-17;1-2-4-12(5-3-1)14-9-8-13(10-15-14)11-6-7-11;/h4-9,11-13H,1-3H3;1-4,8-11H,6-7H2;/q2*-1;. The first-order valence-electron chi connectivity index (χ1n) is 13.2. The van der Waals surface area contributed by atoms with Crippen molar-refractivity contribution in [2.24, 2.45) is 0 Å². The van der Waals surface area contributed by atoms with Crippen molar-refractivity contribution in [3.8, 4) is 22.5 Å². The molecule has 1 aliphatic rings. The van der Waals surface area contributed by atoms with E-state index in [-0.39, 0.29) is 20.1 Å². The molecule has 5 heteroatoms. The molecule has 39 heavy (non-hydrogen) atoms. The summed E-state index contributed by atoms with van der Waals surface area (Å²) < 4.78 is 6.36. The fourth-order valence-electron chi connectivity index (χ4n) is 4.83. The van der Waals surface area contributed by atoms with E-state index in [1.807, 2.05) is 54.7 Å². The van der Waals surface area contributed by atoms with Crippen molar-refractivity contribution >= 4 is 35.2 Å². The molecule has 0 unspecified atom stereocenters. The molecule has 3 heterocycles. The molecular formula is C34H30IrN2OSi-2. The van der Waals surface area contributed by atoms with Crippen molar-refractivity contribution in [3.63, 3.8) is 0 Å². The summed E-state index contributed by atoms with van der Waals surface area (Å²) in [5, 5.41) is 3.68. The first-order valence-corrected chi connectivity index (χ1v) is 16.7. The molecule has 1 aliphatic carbocycles. The molecule has 0 saturated heterocycles. The molecule has 0 amide bonds. The Balaban J connectivity index is 0.000000167. The van der Waals surface area contributed by atoms with E-state index in [1.54, 1.807) is 6.20 Å². The summed E-state index contributed by atoms with van der Waals surface area (Å²) in [6.07, 6.45) is 6.48. The molecule has 3 aromatic carbocycles. The molecule has 0 bridgehead atoms. The van der Waals surface area contributed by atoms with Gasteiger partial charge in [0.1, 0.15) is 5.58 Å². The summed E-state index contributed by atoms with van der Waals surface area (Å²) in [6.45, 7) is 7.04. The van der Waals surface area contributed by atoms with Gasteiger partial charge in [0.15, 0.2) is 0 Å². The number of para-hydroxylation sites is 1. The number of hydrogen-bond acceptors (Lipinski definition) is 3. The Bertz CT molecular complexity index is 1690. The Morgan fingerprint density at radius 1 is 0.744 bits per heavy atom. The molecule has 1 fully saturated rings. The van der Waals surface area contributed by atoms with Gasteiger partial charge in [-0.1, -0.05) is 73.1 Å². The van der Waals surface area contributed by atoms with Crippen LogP contribution in [-0.2, 0) is 20.1 Å². The van der Waals surface area contributed by atoms with Gasteiger partial charge in [0, 0.05) is 37.9 Å². The quantitative estimate of drug-likeness (QED) is 0.137. The molecule has 6 aromatic rings. The van der Waals surface area contributed by atoms with Crippen molar-refractivity contribution in [1.29, 1.82) is 0 Å². The minimum atomic E-state index is -1.48. The third kappa shape index (κ3) is 5.81. The monoisotopic (exact) mass is 703 g/mol. The number of rotatable bonds is 4. The van der Waals surface area contributed by atoms with Gasteiger partial charge in [-0.25, -0.2) is 0 Å². The molecular weight excluding hydrogens is 673 g/mol. The maximum Gasteiger partial charge on any atom is 0.120 e. The summed E-state index contributed by atoms with van der Waals surface area (Å²) in [5.74, 6) is 0.784. The van der Waals surface area contributed by atoms with Crippen LogP contribution in [0.5, 0.6) is 0 Å². The van der Waals surface area contributed by atoms with Crippen LogP contribution in [0.1, 0.15) is 24.3 Å². The fourth-order valence-corrected chi connectivity index (χ4v) is 6.29. The van der Waals surface area contributed by atoms with Crippen LogP contribution in [0.2, 0.25) is 19.6 Å². The van der Waals surface area contributed by atoms with Gasteiger partial charge >= 0.3 is 0 Å². The Morgan fingerprint density at radius 2 is 1.56 bits per heavy atom. The Hall–Kier alpha value is -3.37. The molecule has 3 aromatic heterocycles. The zero-order valence-corrected chi connectivity index (χ0v) is 25.8. The predicted octanol–water partition coefficient (Wildman–Crippen LogP) is 8.42. The fraction of sp³-hybridized carbons (Fsp3) is 0.176. The van der Waals surface area contributed by atoms with Crippen LogP contribution < -0.4 is 5.19 Å². The normalized spacial score (nSPS) is 13.0. The van der Waals surface area contributed by atoms with E-state index < -0.39 is 8.07 Å². The Morgan fingerprint density at radius 3 is 2.23 bits per heavy atom. The zero-order chi connectivity index (χ0) is 26.1. The van der Waals surface area contributed by atoms with Gasteiger partial charge in [0.25, 0.3) is 0 Å². The smallest absolute Gasteiger partial charge is 0.120 e. The van der Waals surface area contributed by atoms with Crippen molar-refractivity contribution < 1.29 is 24.5 Å². The van der Waals surface area contributed by atoms with Crippen LogP contribution in [0.4, 0.5) is 0 Å². The van der Waals surface area contributed by atoms with E-state index in [4.69, 9.17) is 4.42 Å². The molecule has 0 atom stereocenters. The number of benzene rings is 3. The largest absolute Gasteiger partial charge is 0.501 e. The average Bonchev–Trinajstić information content (AvgIpc) is 3.73. The van der Waals surface area contributed by atoms with E-state index >= 15 is 0 Å². The van der Waals surface area contributed by atoms with Crippen LogP contribution in [-0.4, -0.2) is 18.0 Å². The maximum atomic E-state index is 6.36. The van der Waals surface area contributed by atoms with Gasteiger partial charge in [-0.3, -0.25) is 0 Å². The van der Waals surface area contributed by atoms with Crippen molar-refractivity contribution in [2.75, 3.05) is 0 Å². The topological polar surface area (TPSA) is 38.9 Å². The zero-order valence-electron chi connectivity index (χ0n) is 22.4. The van der Waals surface area contributed by atoms with Crippen LogP contribution in [0.3, 0.4) is 0 Å². The maximum absolute atomic E-state index is 6.36. The van der Waals surface area contributed by atoms with E-state index in [0.29, 0.717) is 0 Å². The van der Waals surface area contributed by atoms with Crippen molar-refractivity contribution in [3.05, 3.63) is 115 Å². The third-order valence-electron chi connectivity index (χ3n) is 7.01. The SMILES string of the molecule is C[Si](C)(C)c1cccc2c1oc1c(-c3ccccn3)[c-]ccc12.[Ir].[c-]1ccccc1-c1ccc(C2CC2)cn1. The summed E-state index contributed by atoms with van der Waals surface area (Å²) in [5.41, 5.74) is 7.20. The number of pyridine rings is 2. The molecule has 1 radical (unpaired) electrons. The van der Waals surface area contributed by atoms with E-state index in [9.17, 15) is 0 Å². The van der Waals surface area contributed by atoms with Gasteiger partial charge in [0.05, 0.1) is 13.7 Å². The number of hydrogen-bond donors (Lipinski definition) is 0. The summed E-state index contributed by atoms with van der Waals surface area (Å²) >= 11 is 0. The third-order valence-corrected chi connectivity index (χ3v) is 9.02. The van der Waals surface area contributed by atoms with Gasteiger partial charge in [-0.2, -0.15) is 0 Å². The van der Waals surface area contributed by atoms with Crippen LogP contribution in [0.25, 0.3) is 44.5 Å². The number of furan rings is 1. The minimum Gasteiger partial charge on any atom is -0.501 e. The summed E-state index contributed by atoms with van der Waals surface area (Å²) in [6, 6.07) is 35.2. The second-order valence-electron chi connectivity index (χ2n) is 10.9. The molecule has 0 spiro atoms.